The van der Waals surface area contributed by atoms with Gasteiger partial charge in [0.05, 0.1) is 0 Å². The predicted molar refractivity (Wildman–Crippen MR) is 62.2 cm³/mol. The first-order valence-corrected chi connectivity index (χ1v) is 6.44. The molecule has 88 valence electrons. The van der Waals surface area contributed by atoms with Crippen LogP contribution in [-0.2, 0) is 19.4 Å². The van der Waals surface area contributed by atoms with E-state index < -0.39 is 0 Å². The van der Waals surface area contributed by atoms with Crippen molar-refractivity contribution < 1.29 is 0 Å². The van der Waals surface area contributed by atoms with Crippen LogP contribution < -0.4 is 5.32 Å². The van der Waals surface area contributed by atoms with Gasteiger partial charge in [0.2, 0.25) is 0 Å². The lowest BCUT2D eigenvalue weighted by molar-refractivity contribution is 0.366. The summed E-state index contributed by atoms with van der Waals surface area (Å²) < 4.78 is 2.13. The fraction of sp³-hybridized carbons (Fsp3) is 0.833. The summed E-state index contributed by atoms with van der Waals surface area (Å²) in [6, 6.07) is 0. The third-order valence-corrected chi connectivity index (χ3v) is 3.77. The summed E-state index contributed by atoms with van der Waals surface area (Å²) in [6.45, 7) is 5.66. The Bertz CT molecular complexity index is 365. The molecule has 2 aliphatic heterocycles. The average molecular weight is 220 g/mol. The highest BCUT2D eigenvalue weighted by molar-refractivity contribution is 4.98. The van der Waals surface area contributed by atoms with Crippen LogP contribution in [0.3, 0.4) is 0 Å². The molecule has 0 aliphatic carbocycles. The lowest BCUT2D eigenvalue weighted by atomic mass is 10.0. The second-order valence-electron chi connectivity index (χ2n) is 5.33. The van der Waals surface area contributed by atoms with Crippen molar-refractivity contribution in [3.05, 3.63) is 11.6 Å². The lowest BCUT2D eigenvalue weighted by Gasteiger charge is -2.17. The van der Waals surface area contributed by atoms with E-state index in [4.69, 9.17) is 0 Å². The average Bonchev–Trinajstić information content (AvgIpc) is 2.86. The highest BCUT2D eigenvalue weighted by atomic mass is 15.4. The van der Waals surface area contributed by atoms with Crippen molar-refractivity contribution in [1.29, 1.82) is 0 Å². The van der Waals surface area contributed by atoms with Gasteiger partial charge in [-0.2, -0.15) is 5.10 Å². The number of aromatic nitrogens is 3. The summed E-state index contributed by atoms with van der Waals surface area (Å²) in [4.78, 5) is 4.67. The molecule has 4 nitrogen and oxygen atoms in total. The first-order chi connectivity index (χ1) is 7.81. The van der Waals surface area contributed by atoms with Gasteiger partial charge in [-0.1, -0.05) is 6.92 Å². The maximum atomic E-state index is 4.67. The molecule has 0 spiro atoms. The van der Waals surface area contributed by atoms with Crippen LogP contribution in [0.2, 0.25) is 0 Å². The quantitative estimate of drug-likeness (QED) is 0.809. The molecule has 16 heavy (non-hydrogen) atoms. The van der Waals surface area contributed by atoms with Gasteiger partial charge in [0.1, 0.15) is 5.82 Å². The standard InChI is InChI=1S/C12H20N4/c1-9-2-3-12-14-11(15-16(12)8-9)6-10-4-5-13-7-10/h9-10,13H,2-8H2,1H3. The van der Waals surface area contributed by atoms with Gasteiger partial charge in [-0.05, 0) is 37.8 Å². The molecule has 1 fully saturated rings. The van der Waals surface area contributed by atoms with Gasteiger partial charge in [-0.15, -0.1) is 0 Å². The highest BCUT2D eigenvalue weighted by Crippen LogP contribution is 2.19. The molecule has 2 unspecified atom stereocenters. The van der Waals surface area contributed by atoms with Gasteiger partial charge in [0, 0.05) is 19.4 Å². The molecule has 0 radical (unpaired) electrons. The van der Waals surface area contributed by atoms with Crippen LogP contribution in [0.5, 0.6) is 0 Å². The van der Waals surface area contributed by atoms with Crippen molar-refractivity contribution in [2.75, 3.05) is 13.1 Å². The first kappa shape index (κ1) is 10.3. The van der Waals surface area contributed by atoms with Gasteiger partial charge in [0.15, 0.2) is 5.82 Å². The lowest BCUT2D eigenvalue weighted by Crippen LogP contribution is -2.19. The van der Waals surface area contributed by atoms with E-state index in [2.05, 4.69) is 27.0 Å². The Labute approximate surface area is 96.4 Å². The number of hydrogen-bond donors (Lipinski definition) is 1. The minimum Gasteiger partial charge on any atom is -0.316 e. The Morgan fingerprint density at radius 3 is 3.19 bits per heavy atom. The van der Waals surface area contributed by atoms with Crippen molar-refractivity contribution in [1.82, 2.24) is 20.1 Å². The Hall–Kier alpha value is -0.900. The summed E-state index contributed by atoms with van der Waals surface area (Å²) in [5, 5.41) is 8.04. The van der Waals surface area contributed by atoms with E-state index in [1.807, 2.05) is 0 Å². The largest absolute Gasteiger partial charge is 0.316 e. The Morgan fingerprint density at radius 1 is 1.44 bits per heavy atom. The monoisotopic (exact) mass is 220 g/mol. The fourth-order valence-corrected chi connectivity index (χ4v) is 2.75. The molecule has 2 aliphatic rings. The van der Waals surface area contributed by atoms with Gasteiger partial charge in [-0.3, -0.25) is 0 Å². The molecule has 0 amide bonds. The number of fused-ring (bicyclic) bond motifs is 1. The maximum Gasteiger partial charge on any atom is 0.151 e. The smallest absolute Gasteiger partial charge is 0.151 e. The second-order valence-corrected chi connectivity index (χ2v) is 5.33. The minimum atomic E-state index is 0.752. The fourth-order valence-electron chi connectivity index (χ4n) is 2.75. The molecule has 1 N–H and O–H groups in total. The van der Waals surface area contributed by atoms with Gasteiger partial charge < -0.3 is 5.32 Å². The van der Waals surface area contributed by atoms with Crippen LogP contribution in [0.25, 0.3) is 0 Å². The number of nitrogens with one attached hydrogen (secondary N) is 1. The molecular formula is C12H20N4. The maximum absolute atomic E-state index is 4.67. The van der Waals surface area contributed by atoms with Crippen molar-refractivity contribution >= 4 is 0 Å². The van der Waals surface area contributed by atoms with Crippen molar-refractivity contribution in [2.24, 2.45) is 11.8 Å². The molecular weight excluding hydrogens is 200 g/mol. The molecule has 3 rings (SSSR count). The highest BCUT2D eigenvalue weighted by Gasteiger charge is 2.21. The van der Waals surface area contributed by atoms with Gasteiger partial charge in [0.25, 0.3) is 0 Å². The predicted octanol–water partition coefficient (Wildman–Crippen LogP) is 1.01. The van der Waals surface area contributed by atoms with Crippen LogP contribution in [0.1, 0.15) is 31.4 Å². The first-order valence-electron chi connectivity index (χ1n) is 6.44. The summed E-state index contributed by atoms with van der Waals surface area (Å²) in [7, 11) is 0. The summed E-state index contributed by atoms with van der Waals surface area (Å²) in [5.74, 6) is 3.79. The summed E-state index contributed by atoms with van der Waals surface area (Å²) in [5.41, 5.74) is 0. The molecule has 1 aromatic rings. The van der Waals surface area contributed by atoms with E-state index in [0.717, 1.165) is 50.1 Å². The van der Waals surface area contributed by atoms with Gasteiger partial charge in [-0.25, -0.2) is 9.67 Å². The molecule has 1 saturated heterocycles. The zero-order chi connectivity index (χ0) is 11.0. The van der Waals surface area contributed by atoms with E-state index in [1.165, 1.54) is 18.7 Å². The van der Waals surface area contributed by atoms with Crippen molar-refractivity contribution in [3.63, 3.8) is 0 Å². The minimum absolute atomic E-state index is 0.752. The van der Waals surface area contributed by atoms with Crippen LogP contribution in [-0.4, -0.2) is 27.9 Å². The number of rotatable bonds is 2. The van der Waals surface area contributed by atoms with Crippen LogP contribution in [0.15, 0.2) is 0 Å². The van der Waals surface area contributed by atoms with Crippen LogP contribution >= 0.6 is 0 Å². The zero-order valence-corrected chi connectivity index (χ0v) is 9.95. The zero-order valence-electron chi connectivity index (χ0n) is 9.95. The van der Waals surface area contributed by atoms with E-state index >= 15 is 0 Å². The van der Waals surface area contributed by atoms with Crippen molar-refractivity contribution in [2.45, 2.75) is 39.2 Å². The van der Waals surface area contributed by atoms with E-state index in [-0.39, 0.29) is 0 Å². The SMILES string of the molecule is CC1CCc2nc(CC3CCNC3)nn2C1. The molecule has 1 aromatic heterocycles. The normalized spacial score (nSPS) is 29.3. The molecule has 3 heterocycles. The molecule has 0 bridgehead atoms. The molecule has 4 heteroatoms. The molecule has 0 aromatic carbocycles. The number of hydrogen-bond acceptors (Lipinski definition) is 3. The van der Waals surface area contributed by atoms with E-state index in [1.54, 1.807) is 0 Å². The molecule has 2 atom stereocenters. The van der Waals surface area contributed by atoms with Crippen LogP contribution in [0, 0.1) is 11.8 Å². The topological polar surface area (TPSA) is 42.7 Å². The van der Waals surface area contributed by atoms with E-state index in [9.17, 15) is 0 Å². The third kappa shape index (κ3) is 1.98. The summed E-state index contributed by atoms with van der Waals surface area (Å²) >= 11 is 0. The molecule has 0 saturated carbocycles. The number of aryl methyl sites for hydroxylation is 1. The Kier molecular flexibility index (Phi) is 2.67. The Morgan fingerprint density at radius 2 is 2.38 bits per heavy atom. The summed E-state index contributed by atoms with van der Waals surface area (Å²) in [6.07, 6.45) is 4.71. The van der Waals surface area contributed by atoms with Gasteiger partial charge >= 0.3 is 0 Å². The van der Waals surface area contributed by atoms with Crippen LogP contribution in [0.4, 0.5) is 0 Å². The van der Waals surface area contributed by atoms with Crippen molar-refractivity contribution in [3.8, 4) is 0 Å². The Balaban J connectivity index is 1.71. The van der Waals surface area contributed by atoms with E-state index in [0.29, 0.717) is 0 Å². The third-order valence-electron chi connectivity index (χ3n) is 3.77. The number of nitrogens with zero attached hydrogens (tertiary/aromatic N) is 3. The second kappa shape index (κ2) is 4.17.